The van der Waals surface area contributed by atoms with E-state index in [1.807, 2.05) is 38.1 Å². The highest BCUT2D eigenvalue weighted by molar-refractivity contribution is 5.67. The fourth-order valence-electron chi connectivity index (χ4n) is 1.27. The maximum absolute atomic E-state index is 10.3. The van der Waals surface area contributed by atoms with Gasteiger partial charge in [0.1, 0.15) is 5.75 Å². The second-order valence-corrected chi connectivity index (χ2v) is 3.76. The van der Waals surface area contributed by atoms with Crippen LogP contribution in [-0.4, -0.2) is 23.7 Å². The smallest absolute Gasteiger partial charge is 0.305 e. The van der Waals surface area contributed by atoms with Gasteiger partial charge in [0.2, 0.25) is 0 Å². The number of benzene rings is 1. The van der Waals surface area contributed by atoms with Crippen LogP contribution in [0.1, 0.15) is 20.3 Å². The van der Waals surface area contributed by atoms with E-state index in [2.05, 4.69) is 5.32 Å². The molecule has 0 saturated heterocycles. The summed E-state index contributed by atoms with van der Waals surface area (Å²) in [6, 6.07) is 7.50. The van der Waals surface area contributed by atoms with Crippen LogP contribution in [0, 0.1) is 0 Å². The van der Waals surface area contributed by atoms with Crippen molar-refractivity contribution in [2.45, 2.75) is 26.4 Å². The first-order chi connectivity index (χ1) is 7.58. The first-order valence-electron chi connectivity index (χ1n) is 5.30. The van der Waals surface area contributed by atoms with Gasteiger partial charge in [0.15, 0.2) is 0 Å². The van der Waals surface area contributed by atoms with Crippen molar-refractivity contribution in [3.63, 3.8) is 0 Å². The Kier molecular flexibility index (Phi) is 4.64. The van der Waals surface area contributed by atoms with E-state index < -0.39 is 5.97 Å². The monoisotopic (exact) mass is 223 g/mol. The molecule has 4 nitrogen and oxygen atoms in total. The van der Waals surface area contributed by atoms with Gasteiger partial charge < -0.3 is 15.2 Å². The van der Waals surface area contributed by atoms with Crippen molar-refractivity contribution in [2.24, 2.45) is 0 Å². The van der Waals surface area contributed by atoms with Crippen molar-refractivity contribution in [3.8, 4) is 5.75 Å². The minimum atomic E-state index is -0.804. The summed E-state index contributed by atoms with van der Waals surface area (Å²) in [5.41, 5.74) is 0.874. The number of rotatable bonds is 6. The average Bonchev–Trinajstić information content (AvgIpc) is 2.16. The van der Waals surface area contributed by atoms with Crippen LogP contribution in [0.15, 0.2) is 24.3 Å². The molecule has 1 rings (SSSR count). The van der Waals surface area contributed by atoms with Crippen molar-refractivity contribution in [1.82, 2.24) is 0 Å². The molecule has 0 heterocycles. The summed E-state index contributed by atoms with van der Waals surface area (Å²) in [7, 11) is 0. The summed E-state index contributed by atoms with van der Waals surface area (Å²) in [6.07, 6.45) is 0.240. The van der Waals surface area contributed by atoms with Gasteiger partial charge in [-0.3, -0.25) is 4.79 Å². The topological polar surface area (TPSA) is 58.6 Å². The van der Waals surface area contributed by atoms with E-state index in [9.17, 15) is 4.79 Å². The number of hydrogen-bond donors (Lipinski definition) is 2. The molecular weight excluding hydrogens is 206 g/mol. The maximum Gasteiger partial charge on any atom is 0.305 e. The molecule has 0 saturated carbocycles. The number of hydrogen-bond acceptors (Lipinski definition) is 3. The lowest BCUT2D eigenvalue weighted by Gasteiger charge is -2.11. The second kappa shape index (κ2) is 6.00. The molecule has 0 aliphatic carbocycles. The molecule has 1 aromatic carbocycles. The predicted molar refractivity (Wildman–Crippen MR) is 62.9 cm³/mol. The second-order valence-electron chi connectivity index (χ2n) is 3.76. The lowest BCUT2D eigenvalue weighted by molar-refractivity contribution is -0.136. The number of ether oxygens (including phenoxy) is 1. The Morgan fingerprint density at radius 3 is 2.88 bits per heavy atom. The van der Waals surface area contributed by atoms with E-state index >= 15 is 0 Å². The van der Waals surface area contributed by atoms with Crippen molar-refractivity contribution < 1.29 is 14.6 Å². The Balaban J connectivity index is 2.50. The molecule has 0 bridgehead atoms. The minimum absolute atomic E-state index is 0.106. The van der Waals surface area contributed by atoms with Gasteiger partial charge >= 0.3 is 5.97 Å². The lowest BCUT2D eigenvalue weighted by atomic mass is 10.3. The zero-order valence-electron chi connectivity index (χ0n) is 9.56. The predicted octanol–water partition coefficient (Wildman–Crippen LogP) is 2.36. The SMILES string of the molecule is CC(C)Oc1cccc(NCCC(=O)O)c1. The van der Waals surface area contributed by atoms with Crippen LogP contribution in [0.4, 0.5) is 5.69 Å². The molecule has 0 spiro atoms. The van der Waals surface area contributed by atoms with E-state index in [4.69, 9.17) is 9.84 Å². The molecule has 0 fully saturated rings. The summed E-state index contributed by atoms with van der Waals surface area (Å²) in [5, 5.41) is 11.5. The molecule has 0 radical (unpaired) electrons. The van der Waals surface area contributed by atoms with Crippen LogP contribution in [-0.2, 0) is 4.79 Å². The van der Waals surface area contributed by atoms with Gasteiger partial charge in [0.25, 0.3) is 0 Å². The lowest BCUT2D eigenvalue weighted by Crippen LogP contribution is -2.08. The van der Waals surface area contributed by atoms with Crippen LogP contribution in [0.3, 0.4) is 0 Å². The normalized spacial score (nSPS) is 10.2. The zero-order valence-corrected chi connectivity index (χ0v) is 9.56. The molecule has 0 amide bonds. The molecule has 0 aliphatic heterocycles. The van der Waals surface area contributed by atoms with Crippen LogP contribution < -0.4 is 10.1 Å². The Hall–Kier alpha value is -1.71. The van der Waals surface area contributed by atoms with E-state index in [0.29, 0.717) is 6.54 Å². The zero-order chi connectivity index (χ0) is 12.0. The quantitative estimate of drug-likeness (QED) is 0.777. The van der Waals surface area contributed by atoms with Crippen LogP contribution in [0.2, 0.25) is 0 Å². The molecule has 0 unspecified atom stereocenters. The van der Waals surface area contributed by atoms with Gasteiger partial charge in [-0.15, -0.1) is 0 Å². The Morgan fingerprint density at radius 1 is 1.50 bits per heavy atom. The molecule has 0 atom stereocenters. The molecular formula is C12H17NO3. The van der Waals surface area contributed by atoms with Gasteiger partial charge in [0.05, 0.1) is 12.5 Å². The minimum Gasteiger partial charge on any atom is -0.491 e. The Bertz CT molecular complexity index is 350. The summed E-state index contributed by atoms with van der Waals surface area (Å²) < 4.78 is 5.53. The molecule has 4 heteroatoms. The summed E-state index contributed by atoms with van der Waals surface area (Å²) in [4.78, 5) is 10.3. The van der Waals surface area contributed by atoms with Crippen LogP contribution in [0.5, 0.6) is 5.75 Å². The van der Waals surface area contributed by atoms with Gasteiger partial charge in [-0.25, -0.2) is 0 Å². The van der Waals surface area contributed by atoms with E-state index in [0.717, 1.165) is 11.4 Å². The molecule has 0 aromatic heterocycles. The first kappa shape index (κ1) is 12.4. The molecule has 2 N–H and O–H groups in total. The van der Waals surface area contributed by atoms with E-state index in [1.165, 1.54) is 0 Å². The first-order valence-corrected chi connectivity index (χ1v) is 5.30. The van der Waals surface area contributed by atoms with Crippen LogP contribution in [0.25, 0.3) is 0 Å². The van der Waals surface area contributed by atoms with Crippen molar-refractivity contribution >= 4 is 11.7 Å². The Morgan fingerprint density at radius 2 is 2.25 bits per heavy atom. The van der Waals surface area contributed by atoms with Crippen molar-refractivity contribution in [3.05, 3.63) is 24.3 Å². The third-order valence-corrected chi connectivity index (χ3v) is 1.87. The molecule has 0 aliphatic rings. The van der Waals surface area contributed by atoms with Crippen molar-refractivity contribution in [1.29, 1.82) is 0 Å². The summed E-state index contributed by atoms with van der Waals surface area (Å²) >= 11 is 0. The summed E-state index contributed by atoms with van der Waals surface area (Å²) in [5.74, 6) is -0.0163. The van der Waals surface area contributed by atoms with Crippen molar-refractivity contribution in [2.75, 3.05) is 11.9 Å². The van der Waals surface area contributed by atoms with Gasteiger partial charge in [-0.1, -0.05) is 6.07 Å². The van der Waals surface area contributed by atoms with E-state index in [-0.39, 0.29) is 12.5 Å². The van der Waals surface area contributed by atoms with Gasteiger partial charge in [-0.05, 0) is 26.0 Å². The fourth-order valence-corrected chi connectivity index (χ4v) is 1.27. The largest absolute Gasteiger partial charge is 0.491 e. The van der Waals surface area contributed by atoms with Gasteiger partial charge in [0, 0.05) is 18.3 Å². The number of aliphatic carboxylic acids is 1. The average molecular weight is 223 g/mol. The standard InChI is InChI=1S/C12H17NO3/c1-9(2)16-11-5-3-4-10(8-11)13-7-6-12(14)15/h3-5,8-9,13H,6-7H2,1-2H3,(H,14,15). The number of carboxylic acid groups (broad SMARTS) is 1. The third kappa shape index (κ3) is 4.68. The molecule has 1 aromatic rings. The van der Waals surface area contributed by atoms with Crippen LogP contribution >= 0.6 is 0 Å². The highest BCUT2D eigenvalue weighted by atomic mass is 16.5. The Labute approximate surface area is 95.2 Å². The molecule has 88 valence electrons. The van der Waals surface area contributed by atoms with E-state index in [1.54, 1.807) is 0 Å². The third-order valence-electron chi connectivity index (χ3n) is 1.87. The number of carboxylic acids is 1. The van der Waals surface area contributed by atoms with Gasteiger partial charge in [-0.2, -0.15) is 0 Å². The highest BCUT2D eigenvalue weighted by Crippen LogP contribution is 2.18. The summed E-state index contributed by atoms with van der Waals surface area (Å²) in [6.45, 7) is 4.34. The highest BCUT2D eigenvalue weighted by Gasteiger charge is 2.00. The number of carbonyl (C=O) groups is 1. The number of nitrogens with one attached hydrogen (secondary N) is 1. The fraction of sp³-hybridized carbons (Fsp3) is 0.417. The number of anilines is 1. The molecule has 16 heavy (non-hydrogen) atoms. The maximum atomic E-state index is 10.3.